The van der Waals surface area contributed by atoms with Gasteiger partial charge in [0.1, 0.15) is 22.6 Å². The number of amidine groups is 2. The molecule has 4 aromatic rings. The molecule has 3 aliphatic rings. The number of hydrogen-bond acceptors (Lipinski definition) is 4. The average molecular weight is 381 g/mol. The summed E-state index contributed by atoms with van der Waals surface area (Å²) in [5, 5.41) is 2.03. The predicted octanol–water partition coefficient (Wildman–Crippen LogP) is 2.80. The van der Waals surface area contributed by atoms with E-state index in [0.29, 0.717) is 11.7 Å². The first-order valence-electron chi connectivity index (χ1n) is 8.98. The number of aliphatic imine (C=N–C) groups is 2. The standard InChI is InChI=1S/C20H10BClN6/c22-21-27-15-9-10-16(27)24-19-13-7-3-4-8-14(13)20(28(19)21)26-18-12-6-2-1-5-11(12)17(23-15)25-18/h1-10H. The number of rotatable bonds is 0. The highest BCUT2D eigenvalue weighted by Crippen LogP contribution is 2.31. The summed E-state index contributed by atoms with van der Waals surface area (Å²) in [5.74, 6) is 2.80. The van der Waals surface area contributed by atoms with Crippen LogP contribution in [0, 0.1) is 0 Å². The average Bonchev–Trinajstić information content (AvgIpc) is 3.38. The molecule has 0 saturated carbocycles. The molecule has 6 nitrogen and oxygen atoms in total. The van der Waals surface area contributed by atoms with Crippen LogP contribution in [-0.2, 0) is 0 Å². The van der Waals surface area contributed by atoms with Gasteiger partial charge in [-0.1, -0.05) is 48.5 Å². The van der Waals surface area contributed by atoms with Crippen molar-refractivity contribution in [2.24, 2.45) is 20.0 Å². The summed E-state index contributed by atoms with van der Waals surface area (Å²) < 4.78 is 3.88. The lowest BCUT2D eigenvalue weighted by molar-refractivity contribution is 0.935. The molecular weight excluding hydrogens is 371 g/mol. The van der Waals surface area contributed by atoms with Crippen molar-refractivity contribution < 1.29 is 0 Å². The number of nitrogens with zero attached hydrogens (tertiary/aromatic N) is 6. The second-order valence-corrected chi connectivity index (χ2v) is 7.32. The summed E-state index contributed by atoms with van der Waals surface area (Å²) in [4.78, 5) is 19.4. The third-order valence-electron chi connectivity index (χ3n) is 5.44. The Morgan fingerprint density at radius 1 is 0.607 bits per heavy atom. The first-order valence-corrected chi connectivity index (χ1v) is 9.42. The smallest absolute Gasteiger partial charge is 0.320 e. The minimum Gasteiger partial charge on any atom is -0.320 e. The van der Waals surface area contributed by atoms with Crippen molar-refractivity contribution in [2.75, 3.05) is 0 Å². The molecular formula is C20H10BClN6. The SMILES string of the molecule is ClB1n2c3ccc2N=c2c4ccccc4c(n21)=NC1=NC(=N3)c2ccccc21. The normalized spacial score (nSPS) is 15.5. The lowest BCUT2D eigenvalue weighted by atomic mass is 10.1. The number of fused-ring (bicyclic) bond motifs is 7. The Morgan fingerprint density at radius 2 is 1.18 bits per heavy atom. The Hall–Kier alpha value is -3.45. The molecule has 0 spiro atoms. The van der Waals surface area contributed by atoms with Crippen molar-refractivity contribution in [3.05, 3.63) is 82.8 Å². The van der Waals surface area contributed by atoms with Crippen molar-refractivity contribution in [1.29, 1.82) is 0 Å². The van der Waals surface area contributed by atoms with Crippen LogP contribution in [0.2, 0.25) is 0 Å². The fourth-order valence-electron chi connectivity index (χ4n) is 4.19. The first kappa shape index (κ1) is 14.6. The third-order valence-corrected chi connectivity index (χ3v) is 5.83. The van der Waals surface area contributed by atoms with E-state index in [2.05, 4.69) is 12.1 Å². The molecule has 2 aromatic heterocycles. The molecule has 4 bridgehead atoms. The molecule has 0 aliphatic carbocycles. The summed E-state index contributed by atoms with van der Waals surface area (Å²) in [5.41, 5.74) is 3.52. The Kier molecular flexibility index (Phi) is 2.54. The summed E-state index contributed by atoms with van der Waals surface area (Å²) in [6.07, 6.45) is -0.510. The van der Waals surface area contributed by atoms with Crippen LogP contribution in [0.25, 0.3) is 10.8 Å². The Labute approximate surface area is 163 Å². The van der Waals surface area contributed by atoms with Crippen LogP contribution >= 0.6 is 11.5 Å². The van der Waals surface area contributed by atoms with Crippen LogP contribution < -0.4 is 11.0 Å². The molecule has 28 heavy (non-hydrogen) atoms. The third kappa shape index (κ3) is 1.66. The Bertz CT molecular complexity index is 1540. The molecule has 3 aliphatic heterocycles. The lowest BCUT2D eigenvalue weighted by Gasteiger charge is -2.18. The molecule has 130 valence electrons. The maximum absolute atomic E-state index is 6.96. The van der Waals surface area contributed by atoms with Gasteiger partial charge < -0.3 is 8.96 Å². The van der Waals surface area contributed by atoms with Gasteiger partial charge in [-0.3, -0.25) is 0 Å². The molecule has 0 atom stereocenters. The Morgan fingerprint density at radius 3 is 1.89 bits per heavy atom. The van der Waals surface area contributed by atoms with Crippen molar-refractivity contribution in [3.8, 4) is 0 Å². The van der Waals surface area contributed by atoms with E-state index in [0.717, 1.165) is 44.5 Å². The summed E-state index contributed by atoms with van der Waals surface area (Å²) in [7, 11) is 0. The van der Waals surface area contributed by atoms with Gasteiger partial charge in [0.15, 0.2) is 11.7 Å². The van der Waals surface area contributed by atoms with Gasteiger partial charge in [0, 0.05) is 21.9 Å². The zero-order valence-corrected chi connectivity index (χ0v) is 15.2. The van der Waals surface area contributed by atoms with Crippen LogP contribution in [0.3, 0.4) is 0 Å². The van der Waals surface area contributed by atoms with Gasteiger partial charge >= 0.3 is 6.40 Å². The van der Waals surface area contributed by atoms with Gasteiger partial charge in [-0.05, 0) is 12.1 Å². The van der Waals surface area contributed by atoms with E-state index in [1.807, 2.05) is 57.5 Å². The molecule has 8 heteroatoms. The largest absolute Gasteiger partial charge is 0.499 e. The minimum atomic E-state index is -0.510. The van der Waals surface area contributed by atoms with E-state index < -0.39 is 6.40 Å². The molecule has 0 amide bonds. The van der Waals surface area contributed by atoms with Crippen molar-refractivity contribution in [2.45, 2.75) is 0 Å². The number of halogens is 1. The number of benzene rings is 2. The van der Waals surface area contributed by atoms with E-state index in [4.69, 9.17) is 31.4 Å². The van der Waals surface area contributed by atoms with Gasteiger partial charge in [-0.2, -0.15) is 0 Å². The highest BCUT2D eigenvalue weighted by Gasteiger charge is 2.33. The molecule has 0 saturated heterocycles. The molecule has 2 aromatic carbocycles. The van der Waals surface area contributed by atoms with E-state index in [-0.39, 0.29) is 0 Å². The first-order chi connectivity index (χ1) is 13.8. The Balaban J connectivity index is 1.76. The number of hydrogen-bond donors (Lipinski definition) is 0. The molecule has 0 radical (unpaired) electrons. The predicted molar refractivity (Wildman–Crippen MR) is 110 cm³/mol. The fraction of sp³-hybridized carbons (Fsp3) is 0. The van der Waals surface area contributed by atoms with Crippen molar-refractivity contribution in [3.63, 3.8) is 0 Å². The summed E-state index contributed by atoms with van der Waals surface area (Å²) >= 11 is 6.96. The quantitative estimate of drug-likeness (QED) is 0.421. The van der Waals surface area contributed by atoms with Gasteiger partial charge in [0.2, 0.25) is 0 Å². The van der Waals surface area contributed by atoms with Gasteiger partial charge in [-0.25, -0.2) is 20.0 Å². The van der Waals surface area contributed by atoms with E-state index in [9.17, 15) is 0 Å². The van der Waals surface area contributed by atoms with Crippen LogP contribution in [0.1, 0.15) is 11.1 Å². The highest BCUT2D eigenvalue weighted by molar-refractivity contribution is 7.05. The molecule has 0 unspecified atom stereocenters. The van der Waals surface area contributed by atoms with Crippen LogP contribution in [0.4, 0.5) is 11.6 Å². The molecule has 7 rings (SSSR count). The fourth-order valence-corrected chi connectivity index (χ4v) is 4.57. The van der Waals surface area contributed by atoms with Gasteiger partial charge in [0.25, 0.3) is 0 Å². The molecule has 5 heterocycles. The van der Waals surface area contributed by atoms with E-state index in [1.54, 1.807) is 0 Å². The topological polar surface area (TPSA) is 59.3 Å². The zero-order valence-electron chi connectivity index (χ0n) is 14.4. The zero-order chi connectivity index (χ0) is 18.4. The van der Waals surface area contributed by atoms with Crippen LogP contribution in [0.15, 0.2) is 80.6 Å². The number of aromatic nitrogens is 2. The monoisotopic (exact) mass is 380 g/mol. The highest BCUT2D eigenvalue weighted by atomic mass is 35.5. The van der Waals surface area contributed by atoms with Crippen LogP contribution in [-0.4, -0.2) is 27.0 Å². The van der Waals surface area contributed by atoms with E-state index in [1.165, 1.54) is 0 Å². The van der Waals surface area contributed by atoms with Crippen molar-refractivity contribution >= 4 is 51.9 Å². The lowest BCUT2D eigenvalue weighted by Crippen LogP contribution is -2.44. The second kappa shape index (κ2) is 4.88. The maximum Gasteiger partial charge on any atom is 0.499 e. The summed E-state index contributed by atoms with van der Waals surface area (Å²) in [6, 6.07) is 20.0. The maximum atomic E-state index is 6.96. The molecule has 0 fully saturated rings. The summed E-state index contributed by atoms with van der Waals surface area (Å²) in [6.45, 7) is 0. The second-order valence-electron chi connectivity index (χ2n) is 6.93. The van der Waals surface area contributed by atoms with E-state index >= 15 is 0 Å². The van der Waals surface area contributed by atoms with Crippen LogP contribution in [0.5, 0.6) is 0 Å². The van der Waals surface area contributed by atoms with Gasteiger partial charge in [0.05, 0.1) is 0 Å². The van der Waals surface area contributed by atoms with Crippen molar-refractivity contribution in [1.82, 2.24) is 8.96 Å². The minimum absolute atomic E-state index is 0.510. The molecule has 0 N–H and O–H groups in total. The van der Waals surface area contributed by atoms with Gasteiger partial charge in [-0.15, -0.1) is 11.5 Å².